The van der Waals surface area contributed by atoms with Gasteiger partial charge >= 0.3 is 0 Å². The first-order chi connectivity index (χ1) is 9.92. The normalized spacial score (nSPS) is 11.0. The maximum Gasteiger partial charge on any atom is 0.139 e. The molecule has 0 aliphatic rings. The summed E-state index contributed by atoms with van der Waals surface area (Å²) in [7, 11) is 0. The van der Waals surface area contributed by atoms with Crippen LogP contribution in [0.15, 0.2) is 61.1 Å². The third kappa shape index (κ3) is 1.68. The van der Waals surface area contributed by atoms with Crippen LogP contribution in [0.25, 0.3) is 28.0 Å². The van der Waals surface area contributed by atoms with E-state index < -0.39 is 0 Å². The van der Waals surface area contributed by atoms with Gasteiger partial charge in [0.05, 0.1) is 11.9 Å². The Morgan fingerprint density at radius 2 is 1.90 bits per heavy atom. The summed E-state index contributed by atoms with van der Waals surface area (Å²) >= 11 is 0. The highest BCUT2D eigenvalue weighted by molar-refractivity contribution is 5.85. The van der Waals surface area contributed by atoms with E-state index in [1.54, 1.807) is 10.9 Å². The van der Waals surface area contributed by atoms with Crippen LogP contribution in [0.1, 0.15) is 0 Å². The Labute approximate surface area is 114 Å². The zero-order chi connectivity index (χ0) is 13.4. The zero-order valence-corrected chi connectivity index (χ0v) is 10.6. The number of rotatable bonds is 2. The van der Waals surface area contributed by atoms with Crippen molar-refractivity contribution in [2.45, 2.75) is 0 Å². The second kappa shape index (κ2) is 4.31. The van der Waals surface area contributed by atoms with Crippen LogP contribution in [0.3, 0.4) is 0 Å². The monoisotopic (exact) mass is 261 g/mol. The lowest BCUT2D eigenvalue weighted by atomic mass is 10.2. The second-order valence-corrected chi connectivity index (χ2v) is 4.49. The first-order valence-electron chi connectivity index (χ1n) is 6.32. The number of nitrogens with one attached hydrogen (secondary N) is 1. The van der Waals surface area contributed by atoms with Crippen LogP contribution >= 0.6 is 0 Å². The Morgan fingerprint density at radius 3 is 2.80 bits per heavy atom. The zero-order valence-electron chi connectivity index (χ0n) is 10.6. The van der Waals surface area contributed by atoms with Gasteiger partial charge in [-0.25, -0.2) is 9.67 Å². The highest BCUT2D eigenvalue weighted by Gasteiger charge is 2.09. The van der Waals surface area contributed by atoms with Crippen LogP contribution in [0.4, 0.5) is 0 Å². The number of H-pyrrole nitrogens is 1. The van der Waals surface area contributed by atoms with Crippen molar-refractivity contribution in [2.24, 2.45) is 0 Å². The molecule has 0 aliphatic heterocycles. The van der Waals surface area contributed by atoms with Crippen molar-refractivity contribution in [1.82, 2.24) is 25.0 Å². The van der Waals surface area contributed by atoms with Gasteiger partial charge in [-0.2, -0.15) is 0 Å². The number of aromatic nitrogens is 5. The summed E-state index contributed by atoms with van der Waals surface area (Å²) in [6.07, 6.45) is 5.57. The fraction of sp³-hybridized carbons (Fsp3) is 0. The first-order valence-corrected chi connectivity index (χ1v) is 6.32. The maximum atomic E-state index is 4.28. The molecule has 4 aromatic rings. The molecule has 1 N–H and O–H groups in total. The average molecular weight is 261 g/mol. The van der Waals surface area contributed by atoms with E-state index in [1.165, 1.54) is 0 Å². The number of fused-ring (bicyclic) bond motifs is 1. The largest absolute Gasteiger partial charge is 0.344 e. The summed E-state index contributed by atoms with van der Waals surface area (Å²) < 4.78 is 1.77. The van der Waals surface area contributed by atoms with Crippen LogP contribution in [-0.2, 0) is 0 Å². The van der Waals surface area contributed by atoms with Crippen LogP contribution in [0, 0.1) is 0 Å². The third-order valence-electron chi connectivity index (χ3n) is 3.24. The van der Waals surface area contributed by atoms with Crippen LogP contribution in [0.5, 0.6) is 0 Å². The van der Waals surface area contributed by atoms with Gasteiger partial charge in [0.25, 0.3) is 0 Å². The van der Waals surface area contributed by atoms with Crippen molar-refractivity contribution in [2.75, 3.05) is 0 Å². The van der Waals surface area contributed by atoms with Crippen molar-refractivity contribution in [3.63, 3.8) is 0 Å². The van der Waals surface area contributed by atoms with E-state index in [4.69, 9.17) is 0 Å². The number of hydrogen-bond donors (Lipinski definition) is 1. The van der Waals surface area contributed by atoms with E-state index in [0.29, 0.717) is 0 Å². The van der Waals surface area contributed by atoms with Gasteiger partial charge in [-0.15, -0.1) is 5.10 Å². The molecule has 0 bridgehead atoms. The number of hydrogen-bond acceptors (Lipinski definition) is 3. The molecular formula is C15H11N5. The molecular weight excluding hydrogens is 250 g/mol. The summed E-state index contributed by atoms with van der Waals surface area (Å²) in [5, 5.41) is 9.46. The predicted molar refractivity (Wildman–Crippen MR) is 76.4 cm³/mol. The molecule has 96 valence electrons. The Hall–Kier alpha value is -2.95. The average Bonchev–Trinajstić information content (AvgIpc) is 3.14. The molecule has 20 heavy (non-hydrogen) atoms. The minimum Gasteiger partial charge on any atom is -0.344 e. The molecule has 1 aromatic carbocycles. The molecule has 0 saturated carbocycles. The third-order valence-corrected chi connectivity index (χ3v) is 3.24. The number of aromatic amines is 1. The molecule has 5 heteroatoms. The summed E-state index contributed by atoms with van der Waals surface area (Å²) in [5.74, 6) is 0. The Morgan fingerprint density at radius 1 is 1.00 bits per heavy atom. The summed E-state index contributed by atoms with van der Waals surface area (Å²) in [6.45, 7) is 0. The predicted octanol–water partition coefficient (Wildman–Crippen LogP) is 2.81. The van der Waals surface area contributed by atoms with Crippen LogP contribution in [0.2, 0.25) is 0 Å². The molecule has 3 heterocycles. The molecule has 0 aliphatic carbocycles. The van der Waals surface area contributed by atoms with E-state index >= 15 is 0 Å². The van der Waals surface area contributed by atoms with Crippen LogP contribution < -0.4 is 0 Å². The molecule has 4 rings (SSSR count). The number of pyridine rings is 1. The second-order valence-electron chi connectivity index (χ2n) is 4.49. The fourth-order valence-corrected chi connectivity index (χ4v) is 2.25. The van der Waals surface area contributed by atoms with E-state index in [2.05, 4.69) is 20.3 Å². The van der Waals surface area contributed by atoms with Crippen molar-refractivity contribution >= 4 is 11.0 Å². The smallest absolute Gasteiger partial charge is 0.139 e. The minimum absolute atomic E-state index is 0.847. The Bertz CT molecular complexity index is 860. The molecule has 0 radical (unpaired) electrons. The molecule has 0 saturated heterocycles. The van der Waals surface area contributed by atoms with E-state index in [9.17, 15) is 0 Å². The molecule has 0 amide bonds. The number of nitrogens with zero attached hydrogens (tertiary/aromatic N) is 4. The highest BCUT2D eigenvalue weighted by Crippen LogP contribution is 2.21. The lowest BCUT2D eigenvalue weighted by Gasteiger charge is -1.96. The fourth-order valence-electron chi connectivity index (χ4n) is 2.25. The Kier molecular flexibility index (Phi) is 2.35. The van der Waals surface area contributed by atoms with Gasteiger partial charge in [-0.05, 0) is 12.1 Å². The lowest BCUT2D eigenvalue weighted by Crippen LogP contribution is -1.93. The Balaban J connectivity index is 1.82. The lowest BCUT2D eigenvalue weighted by molar-refractivity contribution is 0.808. The van der Waals surface area contributed by atoms with Crippen molar-refractivity contribution in [3.05, 3.63) is 61.1 Å². The molecule has 0 spiro atoms. The quantitative estimate of drug-likeness (QED) is 0.603. The van der Waals surface area contributed by atoms with Crippen molar-refractivity contribution < 1.29 is 0 Å². The number of benzene rings is 1. The van der Waals surface area contributed by atoms with Gasteiger partial charge < -0.3 is 4.98 Å². The van der Waals surface area contributed by atoms with Gasteiger partial charge in [0, 0.05) is 23.3 Å². The van der Waals surface area contributed by atoms with Gasteiger partial charge in [0.2, 0.25) is 0 Å². The summed E-state index contributed by atoms with van der Waals surface area (Å²) in [4.78, 5) is 7.41. The van der Waals surface area contributed by atoms with Gasteiger partial charge in [0.15, 0.2) is 0 Å². The van der Waals surface area contributed by atoms with Crippen molar-refractivity contribution in [1.29, 1.82) is 0 Å². The SMILES string of the molecule is c1ccc(-c2cn(-c3c[nH]c4ncccc34)nn2)cc1. The molecule has 3 aromatic heterocycles. The molecule has 5 nitrogen and oxygen atoms in total. The first kappa shape index (κ1) is 10.9. The molecule has 0 unspecified atom stereocenters. The molecule has 0 fully saturated rings. The van der Waals surface area contributed by atoms with E-state index in [1.807, 2.05) is 54.9 Å². The topological polar surface area (TPSA) is 59.4 Å². The minimum atomic E-state index is 0.847. The van der Waals surface area contributed by atoms with E-state index in [0.717, 1.165) is 28.0 Å². The van der Waals surface area contributed by atoms with Gasteiger partial charge in [-0.1, -0.05) is 35.5 Å². The van der Waals surface area contributed by atoms with Crippen LogP contribution in [-0.4, -0.2) is 25.0 Å². The maximum absolute atomic E-state index is 4.28. The van der Waals surface area contributed by atoms with Crippen molar-refractivity contribution in [3.8, 4) is 16.9 Å². The van der Waals surface area contributed by atoms with Gasteiger partial charge in [-0.3, -0.25) is 0 Å². The van der Waals surface area contributed by atoms with Gasteiger partial charge in [0.1, 0.15) is 11.3 Å². The highest BCUT2D eigenvalue weighted by atomic mass is 15.4. The standard InChI is InChI=1S/C15H11N5/c1-2-5-11(6-3-1)13-10-20(19-18-13)14-9-17-15-12(14)7-4-8-16-15/h1-10H,(H,16,17). The van der Waals surface area contributed by atoms with E-state index in [-0.39, 0.29) is 0 Å². The molecule has 0 atom stereocenters. The summed E-state index contributed by atoms with van der Waals surface area (Å²) in [5.41, 5.74) is 3.70. The summed E-state index contributed by atoms with van der Waals surface area (Å²) in [6, 6.07) is 13.9.